The van der Waals surface area contributed by atoms with E-state index in [1.165, 1.54) is 7.11 Å². The third-order valence-electron chi connectivity index (χ3n) is 3.41. The van der Waals surface area contributed by atoms with Gasteiger partial charge in [0.15, 0.2) is 4.77 Å². The summed E-state index contributed by atoms with van der Waals surface area (Å²) in [5, 5.41) is 0.966. The van der Waals surface area contributed by atoms with Gasteiger partial charge in [0.25, 0.3) is 0 Å². The number of benzene rings is 1. The van der Waals surface area contributed by atoms with Crippen molar-refractivity contribution in [1.82, 2.24) is 9.55 Å². The first kappa shape index (κ1) is 17.1. The van der Waals surface area contributed by atoms with E-state index in [2.05, 4.69) is 11.9 Å². The predicted molar refractivity (Wildman–Crippen MR) is 90.5 cm³/mol. The second-order valence-electron chi connectivity index (χ2n) is 4.82. The third kappa shape index (κ3) is 3.37. The number of nitrogens with zero attached hydrogens (tertiary/aromatic N) is 1. The van der Waals surface area contributed by atoms with Crippen molar-refractivity contribution in [3.05, 3.63) is 50.5 Å². The topological polar surface area (TPSA) is 47.0 Å². The van der Waals surface area contributed by atoms with Gasteiger partial charge in [-0.05, 0) is 36.3 Å². The van der Waals surface area contributed by atoms with E-state index in [1.807, 2.05) is 6.07 Å². The van der Waals surface area contributed by atoms with Gasteiger partial charge in [0, 0.05) is 6.20 Å². The number of aromatic nitrogens is 2. The van der Waals surface area contributed by atoms with E-state index in [-0.39, 0.29) is 6.04 Å². The van der Waals surface area contributed by atoms with E-state index in [0.717, 1.165) is 18.4 Å². The summed E-state index contributed by atoms with van der Waals surface area (Å²) in [6.07, 6.45) is 3.28. The van der Waals surface area contributed by atoms with Crippen LogP contribution in [-0.4, -0.2) is 22.6 Å². The molecule has 1 heterocycles. The van der Waals surface area contributed by atoms with Crippen LogP contribution in [0.1, 0.15) is 41.9 Å². The molecule has 0 aliphatic rings. The normalized spacial score (nSPS) is 12.2. The van der Waals surface area contributed by atoms with Crippen molar-refractivity contribution < 1.29 is 9.53 Å². The molecular weight excluding hydrogens is 343 g/mol. The number of nitrogens with one attached hydrogen (secondary N) is 1. The van der Waals surface area contributed by atoms with Gasteiger partial charge < -0.3 is 14.3 Å². The highest BCUT2D eigenvalue weighted by Gasteiger charge is 2.22. The van der Waals surface area contributed by atoms with Gasteiger partial charge in [-0.15, -0.1) is 0 Å². The lowest BCUT2D eigenvalue weighted by molar-refractivity contribution is 0.0586. The Kier molecular flexibility index (Phi) is 5.67. The van der Waals surface area contributed by atoms with Gasteiger partial charge in [-0.2, -0.15) is 0 Å². The zero-order valence-electron chi connectivity index (χ0n) is 12.2. The summed E-state index contributed by atoms with van der Waals surface area (Å²) in [5.74, 6) is -0.437. The first-order valence-corrected chi connectivity index (χ1v) is 7.99. The van der Waals surface area contributed by atoms with E-state index in [4.69, 9.17) is 40.2 Å². The van der Waals surface area contributed by atoms with Crippen molar-refractivity contribution in [2.75, 3.05) is 7.11 Å². The smallest absolute Gasteiger partial charge is 0.356 e. The Labute approximate surface area is 144 Å². The molecule has 2 aromatic rings. The van der Waals surface area contributed by atoms with E-state index in [0.29, 0.717) is 20.5 Å². The molecule has 118 valence electrons. The standard InChI is InChI=1S/C15H16Cl2N2O2S/c1-3-4-12(9-5-6-10(16)11(17)7-9)19-13(14(20)21-2)8-18-15(19)22/h5-8,12H,3-4H2,1-2H3,(H,18,22). The van der Waals surface area contributed by atoms with Crippen LogP contribution in [0.25, 0.3) is 0 Å². The minimum atomic E-state index is -0.437. The lowest BCUT2D eigenvalue weighted by Crippen LogP contribution is -2.17. The third-order valence-corrected chi connectivity index (χ3v) is 4.46. The van der Waals surface area contributed by atoms with E-state index >= 15 is 0 Å². The van der Waals surface area contributed by atoms with Gasteiger partial charge in [-0.1, -0.05) is 42.6 Å². The quantitative estimate of drug-likeness (QED) is 0.602. The zero-order valence-corrected chi connectivity index (χ0v) is 14.6. The second kappa shape index (κ2) is 7.31. The highest BCUT2D eigenvalue weighted by atomic mass is 35.5. The maximum Gasteiger partial charge on any atom is 0.356 e. The molecule has 1 aromatic heterocycles. The highest BCUT2D eigenvalue weighted by molar-refractivity contribution is 7.71. The van der Waals surface area contributed by atoms with Gasteiger partial charge >= 0.3 is 5.97 Å². The summed E-state index contributed by atoms with van der Waals surface area (Å²) >= 11 is 17.4. The van der Waals surface area contributed by atoms with Crippen LogP contribution < -0.4 is 0 Å². The number of aromatic amines is 1. The fourth-order valence-electron chi connectivity index (χ4n) is 2.39. The van der Waals surface area contributed by atoms with E-state index in [9.17, 15) is 4.79 Å². The molecule has 0 aliphatic heterocycles. The average molecular weight is 359 g/mol. The largest absolute Gasteiger partial charge is 0.464 e. The van der Waals surface area contributed by atoms with Crippen molar-refractivity contribution >= 4 is 41.4 Å². The summed E-state index contributed by atoms with van der Waals surface area (Å²) in [6.45, 7) is 2.07. The van der Waals surface area contributed by atoms with Gasteiger partial charge in [0.1, 0.15) is 5.69 Å². The van der Waals surface area contributed by atoms with Crippen LogP contribution in [0.4, 0.5) is 0 Å². The summed E-state index contributed by atoms with van der Waals surface area (Å²) < 4.78 is 7.06. The van der Waals surface area contributed by atoms with Crippen LogP contribution in [0.5, 0.6) is 0 Å². The number of imidazole rings is 1. The number of rotatable bonds is 5. The molecule has 0 aliphatic carbocycles. The van der Waals surface area contributed by atoms with E-state index in [1.54, 1.807) is 22.9 Å². The van der Waals surface area contributed by atoms with Crippen LogP contribution in [0.15, 0.2) is 24.4 Å². The molecule has 1 N–H and O–H groups in total. The van der Waals surface area contributed by atoms with Crippen LogP contribution in [0.2, 0.25) is 10.0 Å². The summed E-state index contributed by atoms with van der Waals surface area (Å²) in [7, 11) is 1.34. The molecular formula is C15H16Cl2N2O2S. The van der Waals surface area contributed by atoms with E-state index < -0.39 is 5.97 Å². The fourth-order valence-corrected chi connectivity index (χ4v) is 2.98. The summed E-state index contributed by atoms with van der Waals surface area (Å²) in [6, 6.07) is 5.33. The van der Waals surface area contributed by atoms with Crippen LogP contribution in [0, 0.1) is 4.77 Å². The average Bonchev–Trinajstić information content (AvgIpc) is 2.88. The SMILES string of the molecule is CCCC(c1ccc(Cl)c(Cl)c1)n1c(C(=O)OC)c[nH]c1=S. The molecule has 0 fully saturated rings. The maximum absolute atomic E-state index is 12.0. The van der Waals surface area contributed by atoms with Crippen molar-refractivity contribution in [3.63, 3.8) is 0 Å². The van der Waals surface area contributed by atoms with Crippen LogP contribution in [-0.2, 0) is 4.74 Å². The lowest BCUT2D eigenvalue weighted by atomic mass is 10.0. The van der Waals surface area contributed by atoms with Crippen LogP contribution >= 0.6 is 35.4 Å². The number of halogens is 2. The molecule has 0 bridgehead atoms. The van der Waals surface area contributed by atoms with Gasteiger partial charge in [-0.25, -0.2) is 4.79 Å². The number of ether oxygens (including phenoxy) is 1. The Morgan fingerprint density at radius 2 is 2.14 bits per heavy atom. The molecule has 1 atom stereocenters. The van der Waals surface area contributed by atoms with Crippen LogP contribution in [0.3, 0.4) is 0 Å². The maximum atomic E-state index is 12.0. The van der Waals surface area contributed by atoms with Gasteiger partial charge in [0.05, 0.1) is 23.2 Å². The number of H-pyrrole nitrogens is 1. The number of carbonyl (C=O) groups excluding carboxylic acids is 1. The number of esters is 1. The number of methoxy groups -OCH3 is 1. The Balaban J connectivity index is 2.57. The molecule has 0 amide bonds. The molecule has 0 saturated carbocycles. The van der Waals surface area contributed by atoms with Crippen molar-refractivity contribution in [3.8, 4) is 0 Å². The first-order chi connectivity index (χ1) is 10.5. The van der Waals surface area contributed by atoms with Crippen molar-refractivity contribution in [1.29, 1.82) is 0 Å². The Morgan fingerprint density at radius 1 is 1.41 bits per heavy atom. The Hall–Kier alpha value is -1.30. The minimum absolute atomic E-state index is 0.118. The highest BCUT2D eigenvalue weighted by Crippen LogP contribution is 2.31. The summed E-state index contributed by atoms with van der Waals surface area (Å²) in [5.41, 5.74) is 1.33. The van der Waals surface area contributed by atoms with Crippen molar-refractivity contribution in [2.45, 2.75) is 25.8 Å². The zero-order chi connectivity index (χ0) is 16.3. The number of carbonyl (C=O) groups is 1. The molecule has 4 nitrogen and oxygen atoms in total. The Morgan fingerprint density at radius 3 is 2.73 bits per heavy atom. The first-order valence-electron chi connectivity index (χ1n) is 6.82. The minimum Gasteiger partial charge on any atom is -0.464 e. The fraction of sp³-hybridized carbons (Fsp3) is 0.333. The molecule has 7 heteroatoms. The second-order valence-corrected chi connectivity index (χ2v) is 6.02. The van der Waals surface area contributed by atoms with Gasteiger partial charge in [-0.3, -0.25) is 0 Å². The number of hydrogen-bond donors (Lipinski definition) is 1. The van der Waals surface area contributed by atoms with Gasteiger partial charge in [0.2, 0.25) is 0 Å². The molecule has 0 radical (unpaired) electrons. The lowest BCUT2D eigenvalue weighted by Gasteiger charge is -2.21. The molecule has 1 unspecified atom stereocenters. The monoisotopic (exact) mass is 358 g/mol. The Bertz CT molecular complexity index is 739. The molecule has 22 heavy (non-hydrogen) atoms. The summed E-state index contributed by atoms with van der Waals surface area (Å²) in [4.78, 5) is 14.9. The molecule has 0 spiro atoms. The predicted octanol–water partition coefficient (Wildman–Crippen LogP) is 5.03. The van der Waals surface area contributed by atoms with Crippen molar-refractivity contribution in [2.24, 2.45) is 0 Å². The molecule has 2 rings (SSSR count). The molecule has 0 saturated heterocycles. The molecule has 1 aromatic carbocycles. The number of hydrogen-bond acceptors (Lipinski definition) is 3.